The molecule has 0 saturated carbocycles. The first-order chi connectivity index (χ1) is 4.66. The molecule has 3 nitrogen and oxygen atoms in total. The Bertz CT molecular complexity index is 121. The van der Waals surface area contributed by atoms with Gasteiger partial charge in [0.15, 0.2) is 0 Å². The fraction of sp³-hybridized carbons (Fsp3) is 0.571. The Balaban J connectivity index is 3.30. The van der Waals surface area contributed by atoms with Crippen molar-refractivity contribution in [3.63, 3.8) is 0 Å². The van der Waals surface area contributed by atoms with Gasteiger partial charge in [-0.05, 0) is 13.8 Å². The Hall–Kier alpha value is -0.830. The minimum absolute atomic E-state index is 0.0220. The van der Waals surface area contributed by atoms with Gasteiger partial charge in [-0.15, -0.1) is 6.58 Å². The van der Waals surface area contributed by atoms with Gasteiger partial charge in [0, 0.05) is 6.42 Å². The van der Waals surface area contributed by atoms with Crippen molar-refractivity contribution >= 4 is 5.91 Å². The van der Waals surface area contributed by atoms with Crippen LogP contribution in [0.1, 0.15) is 20.3 Å². The smallest absolute Gasteiger partial charge is 0.247 e. The molecule has 0 spiro atoms. The molecule has 0 radical (unpaired) electrons. The molecule has 10 heavy (non-hydrogen) atoms. The van der Waals surface area contributed by atoms with Gasteiger partial charge < -0.3 is 0 Å². The van der Waals surface area contributed by atoms with Crippen LogP contribution < -0.4 is 5.48 Å². The molecule has 0 aromatic heterocycles. The lowest BCUT2D eigenvalue weighted by Crippen LogP contribution is -2.26. The SMILES string of the molecule is C=CCC(=O)NOC(C)C. The Morgan fingerprint density at radius 2 is 2.40 bits per heavy atom. The number of hydrogen-bond donors (Lipinski definition) is 1. The summed E-state index contributed by atoms with van der Waals surface area (Å²) in [6.45, 7) is 7.09. The number of carbonyl (C=O) groups excluding carboxylic acids is 1. The molecule has 0 atom stereocenters. The zero-order valence-corrected chi connectivity index (χ0v) is 6.39. The summed E-state index contributed by atoms with van der Waals surface area (Å²) in [5, 5.41) is 0. The van der Waals surface area contributed by atoms with Crippen molar-refractivity contribution in [2.75, 3.05) is 0 Å². The molecule has 0 aliphatic carbocycles. The number of hydrogen-bond acceptors (Lipinski definition) is 2. The van der Waals surface area contributed by atoms with Gasteiger partial charge in [-0.2, -0.15) is 0 Å². The molecule has 1 amide bonds. The van der Waals surface area contributed by atoms with Gasteiger partial charge in [0.1, 0.15) is 0 Å². The Morgan fingerprint density at radius 3 is 2.80 bits per heavy atom. The molecular weight excluding hydrogens is 130 g/mol. The van der Waals surface area contributed by atoms with Crippen LogP contribution in [0.15, 0.2) is 12.7 Å². The van der Waals surface area contributed by atoms with Gasteiger partial charge in [0.2, 0.25) is 5.91 Å². The van der Waals surface area contributed by atoms with E-state index in [1.54, 1.807) is 0 Å². The second-order valence-corrected chi connectivity index (χ2v) is 2.18. The first-order valence-electron chi connectivity index (χ1n) is 3.22. The van der Waals surface area contributed by atoms with E-state index in [-0.39, 0.29) is 12.0 Å². The summed E-state index contributed by atoms with van der Waals surface area (Å²) in [5.41, 5.74) is 2.27. The monoisotopic (exact) mass is 143 g/mol. The third-order valence-corrected chi connectivity index (χ3v) is 0.738. The van der Waals surface area contributed by atoms with Crippen molar-refractivity contribution < 1.29 is 9.63 Å². The van der Waals surface area contributed by atoms with Crippen LogP contribution in [0.25, 0.3) is 0 Å². The molecule has 0 unspecified atom stereocenters. The van der Waals surface area contributed by atoms with E-state index < -0.39 is 0 Å². The predicted octanol–water partition coefficient (Wildman–Crippen LogP) is 1.02. The Kier molecular flexibility index (Phi) is 4.58. The fourth-order valence-corrected chi connectivity index (χ4v) is 0.356. The lowest BCUT2D eigenvalue weighted by Gasteiger charge is -2.06. The molecule has 0 saturated heterocycles. The summed E-state index contributed by atoms with van der Waals surface area (Å²) in [7, 11) is 0. The van der Waals surface area contributed by atoms with Crippen molar-refractivity contribution in [2.45, 2.75) is 26.4 Å². The van der Waals surface area contributed by atoms with Crippen molar-refractivity contribution in [1.82, 2.24) is 5.48 Å². The Morgan fingerprint density at radius 1 is 1.80 bits per heavy atom. The molecule has 0 aromatic carbocycles. The van der Waals surface area contributed by atoms with E-state index in [0.29, 0.717) is 6.42 Å². The number of nitrogens with one attached hydrogen (secondary N) is 1. The number of amides is 1. The molecule has 0 aliphatic rings. The molecule has 58 valence electrons. The van der Waals surface area contributed by atoms with Crippen molar-refractivity contribution in [3.05, 3.63) is 12.7 Å². The minimum Gasteiger partial charge on any atom is -0.272 e. The molecule has 0 rings (SSSR count). The fourth-order valence-electron chi connectivity index (χ4n) is 0.356. The van der Waals surface area contributed by atoms with Gasteiger partial charge in [-0.25, -0.2) is 5.48 Å². The Labute approximate surface area is 61.0 Å². The van der Waals surface area contributed by atoms with Crippen LogP contribution in [-0.2, 0) is 9.63 Å². The highest BCUT2D eigenvalue weighted by molar-refractivity contribution is 5.76. The van der Waals surface area contributed by atoms with E-state index in [4.69, 9.17) is 4.84 Å². The molecule has 0 aromatic rings. The molecule has 0 fully saturated rings. The largest absolute Gasteiger partial charge is 0.272 e. The van der Waals surface area contributed by atoms with Crippen molar-refractivity contribution in [1.29, 1.82) is 0 Å². The highest BCUT2D eigenvalue weighted by Crippen LogP contribution is 1.84. The zero-order valence-electron chi connectivity index (χ0n) is 6.39. The predicted molar refractivity (Wildman–Crippen MR) is 39.2 cm³/mol. The standard InChI is InChI=1S/C7H13NO2/c1-4-5-7(9)8-10-6(2)3/h4,6H,1,5H2,2-3H3,(H,8,9). The third kappa shape index (κ3) is 5.31. The summed E-state index contributed by atoms with van der Waals surface area (Å²) in [5.74, 6) is -0.163. The third-order valence-electron chi connectivity index (χ3n) is 0.738. The van der Waals surface area contributed by atoms with Crippen LogP contribution in [0, 0.1) is 0 Å². The number of rotatable bonds is 4. The lowest BCUT2D eigenvalue weighted by molar-refractivity contribution is -0.135. The molecule has 0 aliphatic heterocycles. The number of hydroxylamine groups is 1. The first kappa shape index (κ1) is 9.17. The number of carbonyl (C=O) groups is 1. The van der Waals surface area contributed by atoms with Gasteiger partial charge in [0.05, 0.1) is 6.10 Å². The van der Waals surface area contributed by atoms with Crippen LogP contribution in [-0.4, -0.2) is 12.0 Å². The summed E-state index contributed by atoms with van der Waals surface area (Å²) in [6, 6.07) is 0. The lowest BCUT2D eigenvalue weighted by atomic mass is 10.4. The van der Waals surface area contributed by atoms with Crippen molar-refractivity contribution in [2.24, 2.45) is 0 Å². The first-order valence-corrected chi connectivity index (χ1v) is 3.22. The average molecular weight is 143 g/mol. The molecule has 3 heteroatoms. The molecule has 0 bridgehead atoms. The second kappa shape index (κ2) is 4.99. The van der Waals surface area contributed by atoms with E-state index in [1.165, 1.54) is 6.08 Å². The normalized spacial score (nSPS) is 9.50. The summed E-state index contributed by atoms with van der Waals surface area (Å²) >= 11 is 0. The van der Waals surface area contributed by atoms with Gasteiger partial charge in [-0.1, -0.05) is 6.08 Å². The summed E-state index contributed by atoms with van der Waals surface area (Å²) in [6.07, 6.45) is 1.85. The van der Waals surface area contributed by atoms with Gasteiger partial charge >= 0.3 is 0 Å². The summed E-state index contributed by atoms with van der Waals surface area (Å²) in [4.78, 5) is 15.4. The van der Waals surface area contributed by atoms with Crippen LogP contribution >= 0.6 is 0 Å². The van der Waals surface area contributed by atoms with E-state index in [2.05, 4.69) is 12.1 Å². The maximum atomic E-state index is 10.6. The topological polar surface area (TPSA) is 38.3 Å². The zero-order chi connectivity index (χ0) is 7.98. The van der Waals surface area contributed by atoms with E-state index in [0.717, 1.165) is 0 Å². The minimum atomic E-state index is -0.163. The van der Waals surface area contributed by atoms with Crippen molar-refractivity contribution in [3.8, 4) is 0 Å². The highest BCUT2D eigenvalue weighted by atomic mass is 16.7. The second-order valence-electron chi connectivity index (χ2n) is 2.18. The van der Waals surface area contributed by atoms with E-state index in [1.807, 2.05) is 13.8 Å². The van der Waals surface area contributed by atoms with Crippen LogP contribution in [0.3, 0.4) is 0 Å². The maximum absolute atomic E-state index is 10.6. The molecule has 1 N–H and O–H groups in total. The van der Waals surface area contributed by atoms with Crippen LogP contribution in [0.5, 0.6) is 0 Å². The van der Waals surface area contributed by atoms with E-state index in [9.17, 15) is 4.79 Å². The maximum Gasteiger partial charge on any atom is 0.247 e. The quantitative estimate of drug-likeness (QED) is 0.471. The molecular formula is C7H13NO2. The van der Waals surface area contributed by atoms with E-state index >= 15 is 0 Å². The highest BCUT2D eigenvalue weighted by Gasteiger charge is 1.97. The van der Waals surface area contributed by atoms with Gasteiger partial charge in [-0.3, -0.25) is 9.63 Å². The van der Waals surface area contributed by atoms with Crippen LogP contribution in [0.4, 0.5) is 0 Å². The average Bonchev–Trinajstić information content (AvgIpc) is 1.85. The van der Waals surface area contributed by atoms with Gasteiger partial charge in [0.25, 0.3) is 0 Å². The molecule has 0 heterocycles. The van der Waals surface area contributed by atoms with Crippen LogP contribution in [0.2, 0.25) is 0 Å². The summed E-state index contributed by atoms with van der Waals surface area (Å²) < 4.78 is 0.